The first-order valence-electron chi connectivity index (χ1n) is 10.7. The van der Waals surface area contributed by atoms with E-state index in [1.807, 2.05) is 13.0 Å². The maximum Gasteiger partial charge on any atom is 0.333 e. The minimum atomic E-state index is -0.728. The normalized spacial score (nSPS) is 21.8. The van der Waals surface area contributed by atoms with Crippen LogP contribution in [0.5, 0.6) is 0 Å². The number of β-amino-alcohol motifs (C(OH)–C–C–N with tert-alkyl or cyclic N) is 1. The van der Waals surface area contributed by atoms with Crippen LogP contribution in [0.15, 0.2) is 30.4 Å². The molecule has 5 rings (SSSR count). The molecule has 11 heteroatoms. The lowest BCUT2D eigenvalue weighted by Crippen LogP contribution is -2.45. The second kappa shape index (κ2) is 8.06. The number of hydrogen-bond acceptors (Lipinski definition) is 9. The Kier molecular flexibility index (Phi) is 5.22. The molecule has 2 saturated heterocycles. The number of esters is 1. The van der Waals surface area contributed by atoms with Crippen molar-refractivity contribution in [3.63, 3.8) is 0 Å². The quantitative estimate of drug-likeness (QED) is 0.648. The van der Waals surface area contributed by atoms with E-state index in [4.69, 9.17) is 4.74 Å². The Morgan fingerprint density at radius 2 is 2.00 bits per heavy atom. The van der Waals surface area contributed by atoms with E-state index in [-0.39, 0.29) is 23.9 Å². The molecular weight excluding hydrogens is 414 g/mol. The number of piperidine rings is 1. The van der Waals surface area contributed by atoms with Gasteiger partial charge in [0.25, 0.3) is 0 Å². The summed E-state index contributed by atoms with van der Waals surface area (Å²) < 4.78 is 6.50. The summed E-state index contributed by atoms with van der Waals surface area (Å²) in [7, 11) is 0. The van der Waals surface area contributed by atoms with E-state index < -0.39 is 6.10 Å². The first-order valence-corrected chi connectivity index (χ1v) is 10.7. The second-order valence-corrected chi connectivity index (χ2v) is 8.70. The first-order chi connectivity index (χ1) is 15.4. The van der Waals surface area contributed by atoms with Crippen LogP contribution in [0.25, 0.3) is 5.69 Å². The van der Waals surface area contributed by atoms with Crippen molar-refractivity contribution in [1.29, 1.82) is 0 Å². The third kappa shape index (κ3) is 3.67. The molecule has 1 amide bonds. The number of likely N-dealkylation sites (tertiary alicyclic amines) is 2. The minimum Gasteiger partial charge on any atom is -0.456 e. The van der Waals surface area contributed by atoms with E-state index in [2.05, 4.69) is 25.4 Å². The molecule has 3 aliphatic rings. The first kappa shape index (κ1) is 20.7. The van der Waals surface area contributed by atoms with E-state index in [1.54, 1.807) is 11.1 Å². The third-order valence-electron chi connectivity index (χ3n) is 6.79. The van der Waals surface area contributed by atoms with Crippen molar-refractivity contribution in [2.24, 2.45) is 5.41 Å². The molecule has 0 radical (unpaired) electrons. The number of aromatic nitrogens is 5. The SMILES string of the molecule is Cc1cc(C(O)CN2CCC3(CC2)CCN(C2=CC(=O)OC2)C3=O)ncc1-n1cnnn1. The van der Waals surface area contributed by atoms with Crippen LogP contribution in [0.3, 0.4) is 0 Å². The number of aliphatic hydroxyl groups is 1. The summed E-state index contributed by atoms with van der Waals surface area (Å²) in [4.78, 5) is 32.8. The standard InChI is InChI=1S/C21H25N7O4/c1-14-8-16(22-10-17(14)28-13-23-24-25-28)18(29)11-26-5-2-21(3-6-26)4-7-27(20(21)31)15-9-19(30)32-12-15/h8-10,13,18,29H,2-7,11-12H2,1H3. The van der Waals surface area contributed by atoms with Gasteiger partial charge in [-0.1, -0.05) is 0 Å². The maximum absolute atomic E-state index is 13.1. The van der Waals surface area contributed by atoms with Crippen molar-refractivity contribution in [3.05, 3.63) is 41.6 Å². The highest BCUT2D eigenvalue weighted by Crippen LogP contribution is 2.43. The highest BCUT2D eigenvalue weighted by Gasteiger charge is 2.49. The number of ether oxygens (including phenoxy) is 1. The van der Waals surface area contributed by atoms with Crippen LogP contribution in [0.4, 0.5) is 0 Å². The number of amides is 1. The van der Waals surface area contributed by atoms with Crippen LogP contribution in [0, 0.1) is 12.3 Å². The lowest BCUT2D eigenvalue weighted by molar-refractivity contribution is -0.138. The molecule has 3 aliphatic heterocycles. The Balaban J connectivity index is 1.19. The van der Waals surface area contributed by atoms with Gasteiger partial charge in [-0.3, -0.25) is 9.78 Å². The zero-order chi connectivity index (χ0) is 22.3. The van der Waals surface area contributed by atoms with E-state index in [0.29, 0.717) is 24.5 Å². The Morgan fingerprint density at radius 1 is 1.22 bits per heavy atom. The number of aliphatic hydroxyl groups excluding tert-OH is 1. The van der Waals surface area contributed by atoms with Gasteiger partial charge in [-0.05, 0) is 61.3 Å². The Bertz CT molecular complexity index is 1060. The van der Waals surface area contributed by atoms with E-state index >= 15 is 0 Å². The summed E-state index contributed by atoms with van der Waals surface area (Å²) in [5, 5.41) is 21.9. The van der Waals surface area contributed by atoms with Crippen molar-refractivity contribution in [2.75, 3.05) is 32.8 Å². The molecule has 0 aromatic carbocycles. The van der Waals surface area contributed by atoms with Crippen LogP contribution < -0.4 is 0 Å². The monoisotopic (exact) mass is 439 g/mol. The number of hydrogen-bond donors (Lipinski definition) is 1. The summed E-state index contributed by atoms with van der Waals surface area (Å²) >= 11 is 0. The molecule has 11 nitrogen and oxygen atoms in total. The van der Waals surface area contributed by atoms with Crippen LogP contribution in [-0.2, 0) is 14.3 Å². The Labute approximate surface area is 184 Å². The fourth-order valence-electron chi connectivity index (χ4n) is 4.84. The van der Waals surface area contributed by atoms with Gasteiger partial charge >= 0.3 is 5.97 Å². The number of rotatable bonds is 5. The zero-order valence-corrected chi connectivity index (χ0v) is 17.8. The molecule has 0 saturated carbocycles. The number of tetrazole rings is 1. The molecular formula is C21H25N7O4. The molecule has 5 heterocycles. The van der Waals surface area contributed by atoms with Gasteiger partial charge in [0.2, 0.25) is 5.91 Å². The smallest absolute Gasteiger partial charge is 0.333 e. The van der Waals surface area contributed by atoms with Gasteiger partial charge in [0.15, 0.2) is 0 Å². The van der Waals surface area contributed by atoms with E-state index in [1.165, 1.54) is 17.1 Å². The van der Waals surface area contributed by atoms with Crippen LogP contribution in [-0.4, -0.2) is 84.8 Å². The van der Waals surface area contributed by atoms with Gasteiger partial charge in [-0.2, -0.15) is 4.68 Å². The molecule has 168 valence electrons. The number of carbonyl (C=O) groups is 2. The van der Waals surface area contributed by atoms with Gasteiger partial charge in [-0.25, -0.2) is 4.79 Å². The molecule has 0 aliphatic carbocycles. The van der Waals surface area contributed by atoms with Crippen molar-refractivity contribution < 1.29 is 19.4 Å². The van der Waals surface area contributed by atoms with Crippen molar-refractivity contribution in [1.82, 2.24) is 35.0 Å². The maximum atomic E-state index is 13.1. The molecule has 1 N–H and O–H groups in total. The highest BCUT2D eigenvalue weighted by atomic mass is 16.5. The Morgan fingerprint density at radius 3 is 2.66 bits per heavy atom. The number of pyridine rings is 1. The van der Waals surface area contributed by atoms with Crippen molar-refractivity contribution in [3.8, 4) is 5.69 Å². The number of aryl methyl sites for hydroxylation is 1. The van der Waals surface area contributed by atoms with Gasteiger partial charge in [0, 0.05) is 19.2 Å². The van der Waals surface area contributed by atoms with Gasteiger partial charge in [0.05, 0.1) is 28.7 Å². The largest absolute Gasteiger partial charge is 0.456 e. The van der Waals surface area contributed by atoms with Gasteiger partial charge < -0.3 is 19.6 Å². The van der Waals surface area contributed by atoms with Crippen LogP contribution >= 0.6 is 0 Å². The molecule has 0 bridgehead atoms. The minimum absolute atomic E-state index is 0.0951. The molecule has 1 atom stereocenters. The third-order valence-corrected chi connectivity index (χ3v) is 6.79. The summed E-state index contributed by atoms with van der Waals surface area (Å²) in [6.07, 6.45) is 6.11. The van der Waals surface area contributed by atoms with Crippen LogP contribution in [0.2, 0.25) is 0 Å². The average molecular weight is 439 g/mol. The highest BCUT2D eigenvalue weighted by molar-refractivity contribution is 5.90. The molecule has 2 aromatic rings. The zero-order valence-electron chi connectivity index (χ0n) is 17.8. The average Bonchev–Trinajstić information content (AvgIpc) is 3.52. The lowest BCUT2D eigenvalue weighted by atomic mass is 9.77. The fraction of sp³-hybridized carbons (Fsp3) is 0.524. The van der Waals surface area contributed by atoms with Crippen molar-refractivity contribution in [2.45, 2.75) is 32.3 Å². The Hall–Kier alpha value is -3.18. The predicted molar refractivity (Wildman–Crippen MR) is 110 cm³/mol. The molecule has 2 aromatic heterocycles. The fourth-order valence-corrected chi connectivity index (χ4v) is 4.84. The summed E-state index contributed by atoms with van der Waals surface area (Å²) in [5.41, 5.74) is 2.57. The van der Waals surface area contributed by atoms with Gasteiger partial charge in [0.1, 0.15) is 19.0 Å². The summed E-state index contributed by atoms with van der Waals surface area (Å²) in [6, 6.07) is 1.85. The van der Waals surface area contributed by atoms with Gasteiger partial charge in [-0.15, -0.1) is 5.10 Å². The molecule has 1 unspecified atom stereocenters. The van der Waals surface area contributed by atoms with E-state index in [9.17, 15) is 14.7 Å². The number of carbonyl (C=O) groups excluding carboxylic acids is 2. The molecule has 1 spiro atoms. The topological polar surface area (TPSA) is 127 Å². The van der Waals surface area contributed by atoms with E-state index in [0.717, 1.165) is 43.6 Å². The number of nitrogens with zero attached hydrogens (tertiary/aromatic N) is 7. The van der Waals surface area contributed by atoms with Crippen molar-refractivity contribution >= 4 is 11.9 Å². The lowest BCUT2D eigenvalue weighted by Gasteiger charge is -2.38. The second-order valence-electron chi connectivity index (χ2n) is 8.70. The molecule has 32 heavy (non-hydrogen) atoms. The predicted octanol–water partition coefficient (Wildman–Crippen LogP) is 0.154. The van der Waals surface area contributed by atoms with Crippen LogP contribution in [0.1, 0.15) is 36.6 Å². The number of cyclic esters (lactones) is 1. The molecule has 2 fully saturated rings. The summed E-state index contributed by atoms with van der Waals surface area (Å²) in [5.74, 6) is -0.287. The summed E-state index contributed by atoms with van der Waals surface area (Å²) in [6.45, 7) is 4.64.